The Morgan fingerprint density at radius 3 is 2.67 bits per heavy atom. The molecule has 3 heterocycles. The molecular formula is C25H25N6O4S-. The van der Waals surface area contributed by atoms with Crippen molar-refractivity contribution in [2.24, 2.45) is 0 Å². The van der Waals surface area contributed by atoms with Crippen molar-refractivity contribution >= 4 is 39.6 Å². The zero-order valence-corrected chi connectivity index (χ0v) is 20.9. The summed E-state index contributed by atoms with van der Waals surface area (Å²) in [5.41, 5.74) is 11.2. The third kappa shape index (κ3) is 4.06. The molecule has 0 saturated carbocycles. The molecule has 1 unspecified atom stereocenters. The Bertz CT molecular complexity index is 1470. The Morgan fingerprint density at radius 1 is 1.14 bits per heavy atom. The first-order valence-electron chi connectivity index (χ1n) is 11.2. The quantitative estimate of drug-likeness (QED) is 0.393. The maximum atomic E-state index is 11.5. The van der Waals surface area contributed by atoms with Gasteiger partial charge in [-0.15, -0.1) is 0 Å². The van der Waals surface area contributed by atoms with Gasteiger partial charge < -0.3 is 29.0 Å². The van der Waals surface area contributed by atoms with Crippen LogP contribution < -0.4 is 24.4 Å². The molecule has 1 aliphatic heterocycles. The summed E-state index contributed by atoms with van der Waals surface area (Å²) in [5, 5.41) is 0.634. The topological polar surface area (TPSA) is 130 Å². The minimum Gasteiger partial charge on any atom is -0.755 e. The monoisotopic (exact) mass is 505 g/mol. The maximum Gasteiger partial charge on any atom is 0.228 e. The van der Waals surface area contributed by atoms with E-state index in [2.05, 4.69) is 9.97 Å². The van der Waals surface area contributed by atoms with Gasteiger partial charge in [-0.2, -0.15) is 4.98 Å². The number of anilines is 3. The van der Waals surface area contributed by atoms with Crippen molar-refractivity contribution in [2.75, 3.05) is 42.8 Å². The van der Waals surface area contributed by atoms with Gasteiger partial charge in [-0.25, -0.2) is 4.98 Å². The molecule has 0 aliphatic carbocycles. The summed E-state index contributed by atoms with van der Waals surface area (Å²) in [5.74, 6) is 1.80. The smallest absolute Gasteiger partial charge is 0.228 e. The first kappa shape index (κ1) is 23.8. The molecule has 2 N–H and O–H groups in total. The first-order valence-corrected chi connectivity index (χ1v) is 12.3. The number of fused-ring (bicyclic) bond motifs is 2. The molecule has 0 radical (unpaired) electrons. The molecule has 10 nitrogen and oxygen atoms in total. The average molecular weight is 506 g/mol. The van der Waals surface area contributed by atoms with Gasteiger partial charge in [0.2, 0.25) is 5.95 Å². The van der Waals surface area contributed by atoms with Gasteiger partial charge in [0.05, 0.1) is 42.1 Å². The zero-order valence-electron chi connectivity index (χ0n) is 20.1. The molecule has 0 bridgehead atoms. The molecule has 0 spiro atoms. The molecule has 36 heavy (non-hydrogen) atoms. The van der Waals surface area contributed by atoms with Crippen LogP contribution in [-0.2, 0) is 24.2 Å². The second kappa shape index (κ2) is 9.59. The number of nitrogen functional groups attached to an aromatic ring is 1. The van der Waals surface area contributed by atoms with Gasteiger partial charge in [-0.05, 0) is 35.7 Å². The van der Waals surface area contributed by atoms with Crippen molar-refractivity contribution in [2.45, 2.75) is 13.0 Å². The second-order valence-electron chi connectivity index (χ2n) is 8.31. The van der Waals surface area contributed by atoms with E-state index >= 15 is 0 Å². The fraction of sp³-hybridized carbons (Fsp3) is 0.240. The summed E-state index contributed by atoms with van der Waals surface area (Å²) < 4.78 is 35.6. The molecule has 2 aromatic heterocycles. The van der Waals surface area contributed by atoms with E-state index in [9.17, 15) is 8.76 Å². The SMILES string of the molecule is COc1cc2nc(N3CCc4c(cccc4N(C)S(=O)[O-])C3)nc(N)c2c(-c2ccccn2)c1OC. The van der Waals surface area contributed by atoms with Gasteiger partial charge in [0, 0.05) is 43.7 Å². The predicted octanol–water partition coefficient (Wildman–Crippen LogP) is 3.08. The summed E-state index contributed by atoms with van der Waals surface area (Å²) in [4.78, 5) is 16.0. The lowest BCUT2D eigenvalue weighted by Crippen LogP contribution is -2.33. The van der Waals surface area contributed by atoms with Crippen LogP contribution in [0, 0.1) is 0 Å². The van der Waals surface area contributed by atoms with Crippen LogP contribution in [0.2, 0.25) is 0 Å². The Labute approximate surface area is 211 Å². The molecule has 2 aromatic carbocycles. The number of ether oxygens (including phenoxy) is 2. The Balaban J connectivity index is 1.61. The largest absolute Gasteiger partial charge is 0.755 e. The summed E-state index contributed by atoms with van der Waals surface area (Å²) >= 11 is -2.35. The molecule has 1 atom stereocenters. The highest BCUT2D eigenvalue weighted by Crippen LogP contribution is 2.45. The van der Waals surface area contributed by atoms with Gasteiger partial charge in [-0.3, -0.25) is 9.19 Å². The summed E-state index contributed by atoms with van der Waals surface area (Å²) in [6, 6.07) is 13.0. The summed E-state index contributed by atoms with van der Waals surface area (Å²) in [7, 11) is 4.68. The van der Waals surface area contributed by atoms with Crippen LogP contribution in [0.25, 0.3) is 22.2 Å². The molecular weight excluding hydrogens is 480 g/mol. The highest BCUT2D eigenvalue weighted by atomic mass is 32.2. The van der Waals surface area contributed by atoms with Crippen molar-refractivity contribution in [3.05, 3.63) is 59.8 Å². The minimum absolute atomic E-state index is 0.303. The van der Waals surface area contributed by atoms with Crippen LogP contribution in [0.5, 0.6) is 11.5 Å². The Kier molecular flexibility index (Phi) is 6.33. The van der Waals surface area contributed by atoms with E-state index in [1.165, 1.54) is 4.31 Å². The number of nitrogens with zero attached hydrogens (tertiary/aromatic N) is 5. The molecule has 11 heteroatoms. The third-order valence-corrected chi connectivity index (χ3v) is 7.00. The minimum atomic E-state index is -2.35. The molecule has 0 saturated heterocycles. The number of hydrogen-bond donors (Lipinski definition) is 1. The standard InChI is InChI=1S/C25H26N6O4S/c1-30(36(32)33)19-9-6-7-15-14-31(12-10-16(15)19)25-28-18-13-20(34-2)23(35-3)21(22(18)24(26)29-25)17-8-4-5-11-27-17/h4-9,11,13H,10,12,14H2,1-3H3,(H,32,33)(H2,26,28,29)/p-1. The van der Waals surface area contributed by atoms with E-state index in [0.717, 1.165) is 11.1 Å². The average Bonchev–Trinajstić information content (AvgIpc) is 2.91. The molecule has 1 aliphatic rings. The molecule has 0 amide bonds. The molecule has 4 aromatic rings. The van der Waals surface area contributed by atoms with Gasteiger partial charge >= 0.3 is 0 Å². The van der Waals surface area contributed by atoms with E-state index in [4.69, 9.17) is 20.2 Å². The number of aromatic nitrogens is 3. The fourth-order valence-electron chi connectivity index (χ4n) is 4.66. The van der Waals surface area contributed by atoms with Crippen LogP contribution in [0.1, 0.15) is 11.1 Å². The molecule has 186 valence electrons. The number of nitrogens with two attached hydrogens (primary N) is 1. The van der Waals surface area contributed by atoms with E-state index in [1.54, 1.807) is 33.5 Å². The number of hydrogen-bond acceptors (Lipinski definition) is 9. The lowest BCUT2D eigenvalue weighted by atomic mass is 9.98. The summed E-state index contributed by atoms with van der Waals surface area (Å²) in [6.45, 7) is 1.13. The van der Waals surface area contributed by atoms with Crippen LogP contribution in [0.3, 0.4) is 0 Å². The fourth-order valence-corrected chi connectivity index (χ4v) is 4.99. The van der Waals surface area contributed by atoms with Crippen LogP contribution in [0.4, 0.5) is 17.5 Å². The maximum absolute atomic E-state index is 11.5. The summed E-state index contributed by atoms with van der Waals surface area (Å²) in [6.07, 6.45) is 2.34. The normalized spacial score (nSPS) is 13.8. The third-order valence-electron chi connectivity index (χ3n) is 6.35. The highest BCUT2D eigenvalue weighted by Gasteiger charge is 2.25. The van der Waals surface area contributed by atoms with Crippen molar-refractivity contribution < 1.29 is 18.2 Å². The number of rotatable bonds is 6. The van der Waals surface area contributed by atoms with Gasteiger partial charge in [0.25, 0.3) is 0 Å². The Hall–Kier alpha value is -3.96. The molecule has 5 rings (SSSR count). The lowest BCUT2D eigenvalue weighted by molar-refractivity contribution is 0.357. The van der Waals surface area contributed by atoms with E-state index in [-0.39, 0.29) is 0 Å². The number of pyridine rings is 1. The zero-order chi connectivity index (χ0) is 25.4. The number of benzene rings is 2. The van der Waals surface area contributed by atoms with E-state index in [1.807, 2.05) is 41.3 Å². The highest BCUT2D eigenvalue weighted by molar-refractivity contribution is 7.80. The van der Waals surface area contributed by atoms with Gasteiger partial charge in [0.1, 0.15) is 5.82 Å². The number of methoxy groups -OCH3 is 2. The van der Waals surface area contributed by atoms with E-state index < -0.39 is 11.3 Å². The van der Waals surface area contributed by atoms with Gasteiger partial charge in [-0.1, -0.05) is 18.2 Å². The van der Waals surface area contributed by atoms with Crippen molar-refractivity contribution in [1.29, 1.82) is 0 Å². The second-order valence-corrected chi connectivity index (χ2v) is 9.29. The van der Waals surface area contributed by atoms with Crippen LogP contribution >= 0.6 is 0 Å². The van der Waals surface area contributed by atoms with E-state index in [0.29, 0.717) is 70.6 Å². The van der Waals surface area contributed by atoms with Crippen molar-refractivity contribution in [1.82, 2.24) is 15.0 Å². The predicted molar refractivity (Wildman–Crippen MR) is 139 cm³/mol. The van der Waals surface area contributed by atoms with Crippen molar-refractivity contribution in [3.63, 3.8) is 0 Å². The van der Waals surface area contributed by atoms with Crippen molar-refractivity contribution in [3.8, 4) is 22.8 Å². The lowest BCUT2D eigenvalue weighted by Gasteiger charge is -2.33. The first-order chi connectivity index (χ1) is 17.4. The van der Waals surface area contributed by atoms with Crippen LogP contribution in [0.15, 0.2) is 48.7 Å². The van der Waals surface area contributed by atoms with Crippen LogP contribution in [-0.4, -0.2) is 51.5 Å². The van der Waals surface area contributed by atoms with Gasteiger partial charge in [0.15, 0.2) is 11.5 Å². The Morgan fingerprint density at radius 2 is 1.97 bits per heavy atom. The molecule has 0 fully saturated rings.